The van der Waals surface area contributed by atoms with Crippen molar-refractivity contribution < 1.29 is 14.6 Å². The van der Waals surface area contributed by atoms with Gasteiger partial charge in [-0.1, -0.05) is 30.3 Å². The molecule has 0 spiro atoms. The van der Waals surface area contributed by atoms with Crippen molar-refractivity contribution in [2.45, 2.75) is 12.5 Å². The van der Waals surface area contributed by atoms with Crippen molar-refractivity contribution >= 4 is 27.7 Å². The van der Waals surface area contributed by atoms with Crippen molar-refractivity contribution in [2.75, 3.05) is 20.2 Å². The maximum absolute atomic E-state index is 13.1. The van der Waals surface area contributed by atoms with Crippen LogP contribution in [0.3, 0.4) is 0 Å². The molecule has 2 N–H and O–H groups in total. The summed E-state index contributed by atoms with van der Waals surface area (Å²) in [6.07, 6.45) is 0.0668. The number of aliphatic hydroxyl groups is 1. The number of carbonyl (C=O) groups is 1. The van der Waals surface area contributed by atoms with Crippen LogP contribution in [0.2, 0.25) is 0 Å². The molecule has 1 amide bonds. The van der Waals surface area contributed by atoms with Gasteiger partial charge < -0.3 is 19.7 Å². The number of pyridine rings is 1. The Kier molecular flexibility index (Phi) is 4.64. The third kappa shape index (κ3) is 3.29. The second kappa shape index (κ2) is 7.46. The van der Waals surface area contributed by atoms with E-state index in [-0.39, 0.29) is 11.8 Å². The molecule has 6 heteroatoms. The van der Waals surface area contributed by atoms with E-state index in [1.807, 2.05) is 54.6 Å². The van der Waals surface area contributed by atoms with Crippen LogP contribution in [0.15, 0.2) is 60.7 Å². The van der Waals surface area contributed by atoms with Gasteiger partial charge >= 0.3 is 0 Å². The SMILES string of the molecule is COc1cccc2[nH]c(C(=O)N3C[C@@H](Cc4ccc5ccccc5n4)[C@H](O)C3)cc12. The van der Waals surface area contributed by atoms with Gasteiger partial charge in [0.05, 0.1) is 18.7 Å². The molecular formula is C24H23N3O3. The van der Waals surface area contributed by atoms with Crippen LogP contribution in [-0.2, 0) is 6.42 Å². The number of methoxy groups -OCH3 is 1. The molecule has 30 heavy (non-hydrogen) atoms. The molecule has 0 saturated carbocycles. The summed E-state index contributed by atoms with van der Waals surface area (Å²) in [5.41, 5.74) is 3.24. The zero-order chi connectivity index (χ0) is 20.7. The summed E-state index contributed by atoms with van der Waals surface area (Å²) in [4.78, 5) is 22.7. The number of benzene rings is 2. The number of amides is 1. The Morgan fingerprint density at radius 1 is 1.17 bits per heavy atom. The van der Waals surface area contributed by atoms with E-state index in [0.717, 1.165) is 33.2 Å². The molecule has 2 aromatic carbocycles. The normalized spacial score (nSPS) is 18.9. The van der Waals surface area contributed by atoms with Gasteiger partial charge in [0.2, 0.25) is 0 Å². The lowest BCUT2D eigenvalue weighted by Crippen LogP contribution is -2.29. The number of nitrogens with zero attached hydrogens (tertiary/aromatic N) is 2. The third-order valence-electron chi connectivity index (χ3n) is 5.90. The number of carbonyl (C=O) groups excluding carboxylic acids is 1. The van der Waals surface area contributed by atoms with E-state index < -0.39 is 6.10 Å². The van der Waals surface area contributed by atoms with E-state index in [1.165, 1.54) is 0 Å². The Morgan fingerprint density at radius 3 is 2.90 bits per heavy atom. The molecule has 1 aliphatic rings. The van der Waals surface area contributed by atoms with Crippen LogP contribution in [0.4, 0.5) is 0 Å². The number of fused-ring (bicyclic) bond motifs is 2. The minimum absolute atomic E-state index is 0.0403. The lowest BCUT2D eigenvalue weighted by molar-refractivity contribution is 0.0760. The first-order valence-corrected chi connectivity index (χ1v) is 10.1. The molecule has 1 fully saturated rings. The Bertz CT molecular complexity index is 1230. The number of aliphatic hydroxyl groups excluding tert-OH is 1. The van der Waals surface area contributed by atoms with Gasteiger partial charge in [0, 0.05) is 41.0 Å². The van der Waals surface area contributed by atoms with E-state index in [2.05, 4.69) is 11.1 Å². The molecule has 5 rings (SSSR count). The predicted octanol–water partition coefficient (Wildman–Crippen LogP) is 3.40. The number of nitrogens with one attached hydrogen (secondary N) is 1. The van der Waals surface area contributed by atoms with Gasteiger partial charge in [0.15, 0.2) is 0 Å². The molecule has 1 saturated heterocycles. The maximum atomic E-state index is 13.1. The van der Waals surface area contributed by atoms with Crippen LogP contribution in [0.1, 0.15) is 16.2 Å². The summed E-state index contributed by atoms with van der Waals surface area (Å²) in [6.45, 7) is 0.824. The molecule has 152 valence electrons. The summed E-state index contributed by atoms with van der Waals surface area (Å²) in [5.74, 6) is 0.576. The summed E-state index contributed by atoms with van der Waals surface area (Å²) in [7, 11) is 1.62. The van der Waals surface area contributed by atoms with Gasteiger partial charge in [0.1, 0.15) is 11.4 Å². The van der Waals surface area contributed by atoms with Crippen molar-refractivity contribution in [2.24, 2.45) is 5.92 Å². The first-order valence-electron chi connectivity index (χ1n) is 10.1. The smallest absolute Gasteiger partial charge is 0.270 e. The lowest BCUT2D eigenvalue weighted by Gasteiger charge is -2.15. The first kappa shape index (κ1) is 18.6. The first-order chi connectivity index (χ1) is 14.6. The number of hydrogen-bond donors (Lipinski definition) is 2. The van der Waals surface area contributed by atoms with Gasteiger partial charge in [-0.3, -0.25) is 9.78 Å². The van der Waals surface area contributed by atoms with Crippen LogP contribution in [-0.4, -0.2) is 52.2 Å². The van der Waals surface area contributed by atoms with E-state index in [4.69, 9.17) is 9.72 Å². The van der Waals surface area contributed by atoms with Crippen molar-refractivity contribution in [3.05, 3.63) is 72.1 Å². The molecule has 0 radical (unpaired) electrons. The maximum Gasteiger partial charge on any atom is 0.270 e. The Labute approximate surface area is 174 Å². The highest BCUT2D eigenvalue weighted by molar-refractivity contribution is 5.99. The molecule has 0 bridgehead atoms. The highest BCUT2D eigenvalue weighted by atomic mass is 16.5. The fourth-order valence-electron chi connectivity index (χ4n) is 4.30. The number of likely N-dealkylation sites (tertiary alicyclic amines) is 1. The molecule has 0 unspecified atom stereocenters. The Balaban J connectivity index is 1.34. The molecule has 1 aliphatic heterocycles. The van der Waals surface area contributed by atoms with Crippen LogP contribution < -0.4 is 4.74 Å². The monoisotopic (exact) mass is 401 g/mol. The largest absolute Gasteiger partial charge is 0.496 e. The fourth-order valence-corrected chi connectivity index (χ4v) is 4.30. The summed E-state index contributed by atoms with van der Waals surface area (Å²) < 4.78 is 5.39. The van der Waals surface area contributed by atoms with Crippen molar-refractivity contribution in [1.29, 1.82) is 0 Å². The van der Waals surface area contributed by atoms with E-state index >= 15 is 0 Å². The number of hydrogen-bond acceptors (Lipinski definition) is 4. The molecule has 2 atom stereocenters. The van der Waals surface area contributed by atoms with Gasteiger partial charge in [0.25, 0.3) is 5.91 Å². The third-order valence-corrected chi connectivity index (χ3v) is 5.90. The zero-order valence-corrected chi connectivity index (χ0v) is 16.7. The van der Waals surface area contributed by atoms with Crippen LogP contribution in [0.25, 0.3) is 21.8 Å². The van der Waals surface area contributed by atoms with E-state index in [9.17, 15) is 9.90 Å². The van der Waals surface area contributed by atoms with Crippen molar-refractivity contribution in [1.82, 2.24) is 14.9 Å². The fraction of sp³-hybridized carbons (Fsp3) is 0.250. The standard InChI is InChI=1S/C24H23N3O3/c1-30-23-8-4-7-20-18(23)12-21(26-20)24(29)27-13-16(22(28)14-27)11-17-10-9-15-5-2-3-6-19(15)25-17/h2-10,12,16,22,26,28H,11,13-14H2,1H3/t16-,22-/m1/s1. The number of rotatable bonds is 4. The summed E-state index contributed by atoms with van der Waals surface area (Å²) >= 11 is 0. The number of H-pyrrole nitrogens is 1. The van der Waals surface area contributed by atoms with Gasteiger partial charge in [-0.2, -0.15) is 0 Å². The second-order valence-corrected chi connectivity index (χ2v) is 7.84. The summed E-state index contributed by atoms with van der Waals surface area (Å²) in [6, 6.07) is 19.5. The number of aromatic nitrogens is 2. The second-order valence-electron chi connectivity index (χ2n) is 7.84. The van der Waals surface area contributed by atoms with Gasteiger partial charge in [-0.05, 0) is 36.8 Å². The van der Waals surface area contributed by atoms with E-state index in [0.29, 0.717) is 25.2 Å². The van der Waals surface area contributed by atoms with Crippen molar-refractivity contribution in [3.63, 3.8) is 0 Å². The van der Waals surface area contributed by atoms with Crippen LogP contribution in [0.5, 0.6) is 5.75 Å². The minimum Gasteiger partial charge on any atom is -0.496 e. The van der Waals surface area contributed by atoms with Gasteiger partial charge in [-0.15, -0.1) is 0 Å². The average molecular weight is 401 g/mol. The minimum atomic E-state index is -0.568. The Hall–Kier alpha value is -3.38. The topological polar surface area (TPSA) is 78.5 Å². The highest BCUT2D eigenvalue weighted by Crippen LogP contribution is 2.28. The van der Waals surface area contributed by atoms with Crippen LogP contribution in [0, 0.1) is 5.92 Å². The molecule has 6 nitrogen and oxygen atoms in total. The quantitative estimate of drug-likeness (QED) is 0.549. The highest BCUT2D eigenvalue weighted by Gasteiger charge is 2.35. The number of β-amino-alcohol motifs (C(OH)–C–C–N with tert-alkyl or cyclic N) is 1. The summed E-state index contributed by atoms with van der Waals surface area (Å²) in [5, 5.41) is 12.6. The molecule has 4 aromatic rings. The van der Waals surface area contributed by atoms with E-state index in [1.54, 1.807) is 12.0 Å². The van der Waals surface area contributed by atoms with Gasteiger partial charge in [-0.25, -0.2) is 0 Å². The zero-order valence-electron chi connectivity index (χ0n) is 16.7. The molecule has 0 aliphatic carbocycles. The average Bonchev–Trinajstić information content (AvgIpc) is 3.37. The molecule has 2 aromatic heterocycles. The predicted molar refractivity (Wildman–Crippen MR) is 116 cm³/mol. The Morgan fingerprint density at radius 2 is 2.03 bits per heavy atom. The lowest BCUT2D eigenvalue weighted by atomic mass is 9.99. The number of ether oxygens (including phenoxy) is 1. The van der Waals surface area contributed by atoms with Crippen LogP contribution >= 0.6 is 0 Å². The number of para-hydroxylation sites is 1. The molecular weight excluding hydrogens is 378 g/mol. The molecule has 3 heterocycles. The van der Waals surface area contributed by atoms with Crippen molar-refractivity contribution in [3.8, 4) is 5.75 Å². The number of aromatic amines is 1.